The Labute approximate surface area is 194 Å². The number of nitrogens with zero attached hydrogens (tertiary/aromatic N) is 3. The Hall–Kier alpha value is -3.16. The van der Waals surface area contributed by atoms with Crippen molar-refractivity contribution >= 4 is 17.8 Å². The van der Waals surface area contributed by atoms with Crippen molar-refractivity contribution < 1.29 is 19.1 Å². The average Bonchev–Trinajstić information content (AvgIpc) is 3.04. The van der Waals surface area contributed by atoms with Gasteiger partial charge in [0.25, 0.3) is 5.91 Å². The van der Waals surface area contributed by atoms with Gasteiger partial charge in [-0.15, -0.1) is 0 Å². The first-order valence-corrected chi connectivity index (χ1v) is 11.7. The first kappa shape index (κ1) is 23.0. The highest BCUT2D eigenvalue weighted by molar-refractivity contribution is 6.06. The Morgan fingerprint density at radius 1 is 1.21 bits per heavy atom. The molecule has 2 aromatic rings. The lowest BCUT2D eigenvalue weighted by Crippen LogP contribution is -2.64. The molecular formula is C25H32N4O4. The molecule has 1 aliphatic carbocycles. The summed E-state index contributed by atoms with van der Waals surface area (Å²) in [5.74, 6) is -1.24. The van der Waals surface area contributed by atoms with Crippen LogP contribution < -0.4 is 5.32 Å². The zero-order valence-electron chi connectivity index (χ0n) is 19.6. The van der Waals surface area contributed by atoms with Crippen molar-refractivity contribution in [3.8, 4) is 0 Å². The highest BCUT2D eigenvalue weighted by atomic mass is 16.5. The molecule has 0 bridgehead atoms. The molecule has 1 N–H and O–H groups in total. The number of ether oxygens (including phenoxy) is 1. The summed E-state index contributed by atoms with van der Waals surface area (Å²) in [7, 11) is 1.26. The molecule has 0 saturated heterocycles. The van der Waals surface area contributed by atoms with Gasteiger partial charge >= 0.3 is 5.97 Å². The highest BCUT2D eigenvalue weighted by Crippen LogP contribution is 2.31. The molecule has 176 valence electrons. The largest absolute Gasteiger partial charge is 0.464 e. The van der Waals surface area contributed by atoms with Gasteiger partial charge in [-0.1, -0.05) is 55.5 Å². The number of carbonyl (C=O) groups excluding carboxylic acids is 3. The van der Waals surface area contributed by atoms with E-state index in [9.17, 15) is 14.4 Å². The maximum absolute atomic E-state index is 13.8. The number of esters is 1. The van der Waals surface area contributed by atoms with E-state index < -0.39 is 17.4 Å². The van der Waals surface area contributed by atoms with Gasteiger partial charge in [-0.2, -0.15) is 0 Å². The van der Waals surface area contributed by atoms with Crippen molar-refractivity contribution in [2.75, 3.05) is 7.11 Å². The number of imidazole rings is 1. The smallest absolute Gasteiger partial charge is 0.359 e. The maximum atomic E-state index is 13.8. The normalized spacial score (nSPS) is 21.3. The molecule has 0 spiro atoms. The Bertz CT molecular complexity index is 1050. The van der Waals surface area contributed by atoms with Crippen LogP contribution in [0.5, 0.6) is 0 Å². The molecule has 8 nitrogen and oxygen atoms in total. The van der Waals surface area contributed by atoms with E-state index in [1.807, 2.05) is 31.2 Å². The Balaban J connectivity index is 1.70. The standard InChI is InChI=1S/C25H32N4O4/c1-17-9-8-10-18(13-17)14-29-22(30)21-20(23(31)33-3)26-16-28(21)15-25(29,2)24(32)27-19-11-6-4-5-7-12-19/h8-10,13,16,19H,4-7,11-12,14-15H2,1-3H3,(H,27,32). The topological polar surface area (TPSA) is 93.5 Å². The summed E-state index contributed by atoms with van der Waals surface area (Å²) in [6.07, 6.45) is 7.93. The number of carbonyl (C=O) groups is 3. The lowest BCUT2D eigenvalue weighted by atomic mass is 9.92. The van der Waals surface area contributed by atoms with Crippen LogP contribution in [0.2, 0.25) is 0 Å². The molecule has 1 saturated carbocycles. The summed E-state index contributed by atoms with van der Waals surface area (Å²) in [5.41, 5.74) is 0.998. The maximum Gasteiger partial charge on any atom is 0.359 e. The van der Waals surface area contributed by atoms with Crippen LogP contribution in [0.1, 0.15) is 77.6 Å². The second-order valence-corrected chi connectivity index (χ2v) is 9.38. The number of fused-ring (bicyclic) bond motifs is 1. The predicted molar refractivity (Wildman–Crippen MR) is 123 cm³/mol. The quantitative estimate of drug-likeness (QED) is 0.555. The van der Waals surface area contributed by atoms with Gasteiger partial charge in [0.15, 0.2) is 5.69 Å². The number of rotatable bonds is 5. The van der Waals surface area contributed by atoms with Crippen LogP contribution in [-0.4, -0.2) is 50.9 Å². The van der Waals surface area contributed by atoms with E-state index in [0.29, 0.717) is 0 Å². The van der Waals surface area contributed by atoms with Crippen molar-refractivity contribution in [3.05, 3.63) is 53.1 Å². The van der Waals surface area contributed by atoms with E-state index in [-0.39, 0.29) is 36.4 Å². The Kier molecular flexibility index (Phi) is 6.54. The lowest BCUT2D eigenvalue weighted by molar-refractivity contribution is -0.134. The number of aromatic nitrogens is 2. The monoisotopic (exact) mass is 452 g/mol. The van der Waals surface area contributed by atoms with Crippen LogP contribution in [0.15, 0.2) is 30.6 Å². The van der Waals surface area contributed by atoms with Crippen LogP contribution in [-0.2, 0) is 22.6 Å². The SMILES string of the molecule is COC(=O)c1ncn2c1C(=O)N(Cc1cccc(C)c1)C(C)(C(=O)NC1CCCCCC1)C2. The summed E-state index contributed by atoms with van der Waals surface area (Å²) >= 11 is 0. The molecular weight excluding hydrogens is 420 g/mol. The molecule has 2 aliphatic rings. The first-order valence-electron chi connectivity index (χ1n) is 11.7. The summed E-state index contributed by atoms with van der Waals surface area (Å²) in [6.45, 7) is 4.25. The minimum atomic E-state index is -1.13. The lowest BCUT2D eigenvalue weighted by Gasteiger charge is -2.44. The van der Waals surface area contributed by atoms with Crippen molar-refractivity contribution in [3.63, 3.8) is 0 Å². The molecule has 1 aromatic heterocycles. The minimum absolute atomic E-state index is 0.0250. The van der Waals surface area contributed by atoms with Gasteiger partial charge in [-0.05, 0) is 32.3 Å². The van der Waals surface area contributed by atoms with Gasteiger partial charge < -0.3 is 19.5 Å². The molecule has 33 heavy (non-hydrogen) atoms. The van der Waals surface area contributed by atoms with Gasteiger partial charge in [0.2, 0.25) is 5.91 Å². The highest BCUT2D eigenvalue weighted by Gasteiger charge is 2.49. The number of nitrogens with one attached hydrogen (secondary N) is 1. The third-order valence-corrected chi connectivity index (χ3v) is 6.84. The zero-order chi connectivity index (χ0) is 23.6. The summed E-state index contributed by atoms with van der Waals surface area (Å²) in [5, 5.41) is 3.23. The fourth-order valence-corrected chi connectivity index (χ4v) is 4.94. The second kappa shape index (κ2) is 9.37. The number of amides is 2. The van der Waals surface area contributed by atoms with E-state index in [1.54, 1.807) is 16.4 Å². The van der Waals surface area contributed by atoms with Crippen LogP contribution in [0.25, 0.3) is 0 Å². The molecule has 1 aliphatic heterocycles. The molecule has 1 fully saturated rings. The molecule has 2 amide bonds. The fourth-order valence-electron chi connectivity index (χ4n) is 4.94. The molecule has 2 heterocycles. The van der Waals surface area contributed by atoms with E-state index in [4.69, 9.17) is 4.74 Å². The molecule has 1 atom stereocenters. The van der Waals surface area contributed by atoms with E-state index >= 15 is 0 Å². The number of hydrogen-bond acceptors (Lipinski definition) is 5. The molecule has 0 radical (unpaired) electrons. The van der Waals surface area contributed by atoms with Crippen molar-refractivity contribution in [2.45, 2.75) is 77.0 Å². The Morgan fingerprint density at radius 3 is 2.61 bits per heavy atom. The minimum Gasteiger partial charge on any atom is -0.464 e. The van der Waals surface area contributed by atoms with Crippen LogP contribution >= 0.6 is 0 Å². The molecule has 4 rings (SSSR count). The zero-order valence-corrected chi connectivity index (χ0v) is 19.6. The summed E-state index contributed by atoms with van der Waals surface area (Å²) < 4.78 is 6.43. The number of methoxy groups -OCH3 is 1. The number of benzene rings is 1. The van der Waals surface area contributed by atoms with Crippen molar-refractivity contribution in [2.24, 2.45) is 0 Å². The summed E-state index contributed by atoms with van der Waals surface area (Å²) in [4.78, 5) is 45.4. The van der Waals surface area contributed by atoms with Crippen molar-refractivity contribution in [1.29, 1.82) is 0 Å². The summed E-state index contributed by atoms with van der Waals surface area (Å²) in [6, 6.07) is 7.99. The molecule has 1 aromatic carbocycles. The first-order chi connectivity index (χ1) is 15.8. The molecule has 1 unspecified atom stereocenters. The average molecular weight is 453 g/mol. The number of aryl methyl sites for hydroxylation is 1. The second-order valence-electron chi connectivity index (χ2n) is 9.38. The van der Waals surface area contributed by atoms with Gasteiger partial charge in [-0.25, -0.2) is 9.78 Å². The van der Waals surface area contributed by atoms with Crippen LogP contribution in [0.3, 0.4) is 0 Å². The predicted octanol–water partition coefficient (Wildman–Crippen LogP) is 3.23. The number of hydrogen-bond donors (Lipinski definition) is 1. The van der Waals surface area contributed by atoms with Gasteiger partial charge in [0.05, 0.1) is 20.0 Å². The Morgan fingerprint density at radius 2 is 1.94 bits per heavy atom. The third-order valence-electron chi connectivity index (χ3n) is 6.84. The van der Waals surface area contributed by atoms with Gasteiger partial charge in [-0.3, -0.25) is 9.59 Å². The third kappa shape index (κ3) is 4.51. The van der Waals surface area contributed by atoms with E-state index in [1.165, 1.54) is 26.3 Å². The fraction of sp³-hybridized carbons (Fsp3) is 0.520. The van der Waals surface area contributed by atoms with E-state index in [2.05, 4.69) is 10.3 Å². The van der Waals surface area contributed by atoms with Gasteiger partial charge in [0, 0.05) is 12.6 Å². The van der Waals surface area contributed by atoms with Crippen LogP contribution in [0.4, 0.5) is 0 Å². The van der Waals surface area contributed by atoms with E-state index in [0.717, 1.165) is 36.8 Å². The van der Waals surface area contributed by atoms with Gasteiger partial charge in [0.1, 0.15) is 11.2 Å². The van der Waals surface area contributed by atoms with Crippen LogP contribution in [0, 0.1) is 6.92 Å². The molecule has 8 heteroatoms. The van der Waals surface area contributed by atoms with Crippen molar-refractivity contribution in [1.82, 2.24) is 19.8 Å².